The van der Waals surface area contributed by atoms with Gasteiger partial charge >= 0.3 is 5.97 Å². The molecule has 0 bridgehead atoms. The molecule has 8 nitrogen and oxygen atoms in total. The van der Waals surface area contributed by atoms with Crippen LogP contribution in [0.2, 0.25) is 0 Å². The number of carbonyl (C=O) groups excluding carboxylic acids is 3. The van der Waals surface area contributed by atoms with E-state index in [-0.39, 0.29) is 18.4 Å². The molecule has 1 N–H and O–H groups in total. The van der Waals surface area contributed by atoms with Crippen LogP contribution in [0.3, 0.4) is 0 Å². The smallest absolute Gasteiger partial charge is 0.313 e. The summed E-state index contributed by atoms with van der Waals surface area (Å²) < 4.78 is 12.5. The van der Waals surface area contributed by atoms with Gasteiger partial charge in [-0.05, 0) is 59.8 Å². The normalized spacial score (nSPS) is 35.7. The van der Waals surface area contributed by atoms with E-state index in [2.05, 4.69) is 0 Å². The molecule has 5 atom stereocenters. The van der Waals surface area contributed by atoms with E-state index < -0.39 is 40.6 Å². The van der Waals surface area contributed by atoms with Gasteiger partial charge in [-0.25, -0.2) is 0 Å². The number of carbonyl (C=O) groups is 3. The number of rotatable bonds is 6. The first-order valence-electron chi connectivity index (χ1n) is 13.5. The molecule has 0 saturated carbocycles. The van der Waals surface area contributed by atoms with Crippen molar-refractivity contribution < 1.29 is 29.0 Å². The van der Waals surface area contributed by atoms with Crippen LogP contribution in [0.4, 0.5) is 0 Å². The number of allylic oxidation sites excluding steroid dienone is 1. The van der Waals surface area contributed by atoms with Crippen LogP contribution in [-0.2, 0) is 23.9 Å². The fourth-order valence-electron chi connectivity index (χ4n) is 6.39. The molecule has 1 unspecified atom stereocenters. The zero-order valence-electron chi connectivity index (χ0n) is 22.2. The lowest BCUT2D eigenvalue weighted by Gasteiger charge is -2.41. The highest BCUT2D eigenvalue weighted by molar-refractivity contribution is 5.99. The molecule has 8 heteroatoms. The molecular weight excluding hydrogens is 460 g/mol. The summed E-state index contributed by atoms with van der Waals surface area (Å²) in [7, 11) is 0. The van der Waals surface area contributed by atoms with Crippen molar-refractivity contribution in [3.05, 3.63) is 24.3 Å². The summed E-state index contributed by atoms with van der Waals surface area (Å²) in [6.45, 7) is 9.09. The van der Waals surface area contributed by atoms with Gasteiger partial charge in [0.1, 0.15) is 17.6 Å². The molecule has 2 saturated heterocycles. The van der Waals surface area contributed by atoms with E-state index in [0.29, 0.717) is 32.5 Å². The number of amides is 2. The molecular formula is C28H42N2O6. The molecule has 2 fully saturated rings. The van der Waals surface area contributed by atoms with Gasteiger partial charge in [0.25, 0.3) is 0 Å². The number of hydrogen-bond acceptors (Lipinski definition) is 6. The van der Waals surface area contributed by atoms with Crippen LogP contribution in [0.15, 0.2) is 24.3 Å². The summed E-state index contributed by atoms with van der Waals surface area (Å²) in [4.78, 5) is 45.3. The van der Waals surface area contributed by atoms with Gasteiger partial charge in [0.2, 0.25) is 11.8 Å². The lowest BCUT2D eigenvalue weighted by molar-refractivity contribution is -0.160. The minimum atomic E-state index is -1.24. The Bertz CT molecular complexity index is 923. The van der Waals surface area contributed by atoms with Gasteiger partial charge in [-0.3, -0.25) is 14.4 Å². The van der Waals surface area contributed by atoms with E-state index in [0.717, 1.165) is 32.1 Å². The molecule has 0 aromatic rings. The second kappa shape index (κ2) is 10.3. The van der Waals surface area contributed by atoms with Crippen molar-refractivity contribution in [3.8, 4) is 0 Å². The third-order valence-corrected chi connectivity index (χ3v) is 8.12. The van der Waals surface area contributed by atoms with Gasteiger partial charge in [0, 0.05) is 25.2 Å². The number of nitrogens with zero attached hydrogens (tertiary/aromatic N) is 2. The maximum absolute atomic E-state index is 14.2. The van der Waals surface area contributed by atoms with Crippen molar-refractivity contribution >= 4 is 17.8 Å². The third-order valence-electron chi connectivity index (χ3n) is 8.12. The van der Waals surface area contributed by atoms with Crippen molar-refractivity contribution in [1.29, 1.82) is 0 Å². The van der Waals surface area contributed by atoms with Crippen molar-refractivity contribution in [3.63, 3.8) is 0 Å². The molecule has 36 heavy (non-hydrogen) atoms. The first-order valence-corrected chi connectivity index (χ1v) is 13.5. The van der Waals surface area contributed by atoms with E-state index in [1.54, 1.807) is 9.80 Å². The van der Waals surface area contributed by atoms with Crippen LogP contribution in [0.25, 0.3) is 0 Å². The highest BCUT2D eigenvalue weighted by atomic mass is 16.6. The molecule has 0 aromatic heterocycles. The number of fused-ring (bicyclic) bond motifs is 2. The lowest BCUT2D eigenvalue weighted by atomic mass is 9.74. The quantitative estimate of drug-likeness (QED) is 0.341. The van der Waals surface area contributed by atoms with Gasteiger partial charge < -0.3 is 24.4 Å². The maximum atomic E-state index is 14.2. The largest absolute Gasteiger partial charge is 0.465 e. The summed E-state index contributed by atoms with van der Waals surface area (Å²) >= 11 is 0. The van der Waals surface area contributed by atoms with Crippen LogP contribution in [0.5, 0.6) is 0 Å². The Morgan fingerprint density at radius 2 is 1.75 bits per heavy atom. The minimum Gasteiger partial charge on any atom is -0.465 e. The lowest BCUT2D eigenvalue weighted by Crippen LogP contribution is -2.59. The first-order chi connectivity index (χ1) is 17.1. The first kappa shape index (κ1) is 26.9. The predicted molar refractivity (Wildman–Crippen MR) is 135 cm³/mol. The summed E-state index contributed by atoms with van der Waals surface area (Å²) in [6, 6.07) is -0.846. The monoisotopic (exact) mass is 502 g/mol. The van der Waals surface area contributed by atoms with Crippen LogP contribution >= 0.6 is 0 Å². The fraction of sp³-hybridized carbons (Fsp3) is 0.750. The van der Waals surface area contributed by atoms with Crippen molar-refractivity contribution in [2.45, 2.75) is 95.4 Å². The summed E-state index contributed by atoms with van der Waals surface area (Å²) in [5, 5.41) is 9.10. The Kier molecular flexibility index (Phi) is 7.68. The molecule has 0 aliphatic carbocycles. The van der Waals surface area contributed by atoms with E-state index in [9.17, 15) is 14.4 Å². The zero-order chi connectivity index (χ0) is 26.1. The Labute approximate surface area is 214 Å². The molecule has 200 valence electrons. The number of cyclic esters (lactones) is 1. The Morgan fingerprint density at radius 1 is 1.00 bits per heavy atom. The molecule has 2 amide bonds. The van der Waals surface area contributed by atoms with Crippen LogP contribution in [0.1, 0.15) is 72.6 Å². The second-order valence-corrected chi connectivity index (χ2v) is 11.8. The summed E-state index contributed by atoms with van der Waals surface area (Å²) in [5.41, 5.74) is -2.74. The van der Waals surface area contributed by atoms with Crippen molar-refractivity contribution in [2.24, 2.45) is 11.8 Å². The Balaban J connectivity index is 1.77. The number of unbranched alkanes of at least 4 members (excludes halogenated alkanes) is 3. The predicted octanol–water partition coefficient (Wildman–Crippen LogP) is 2.99. The van der Waals surface area contributed by atoms with E-state index in [4.69, 9.17) is 14.6 Å². The molecule has 0 aromatic carbocycles. The molecule has 4 rings (SSSR count). The Morgan fingerprint density at radius 3 is 2.47 bits per heavy atom. The Hall–Kier alpha value is -2.19. The van der Waals surface area contributed by atoms with E-state index in [1.165, 1.54) is 0 Å². The molecule has 4 aliphatic heterocycles. The molecule has 4 aliphatic rings. The van der Waals surface area contributed by atoms with Crippen molar-refractivity contribution in [2.75, 3.05) is 26.3 Å². The zero-order valence-corrected chi connectivity index (χ0v) is 22.2. The van der Waals surface area contributed by atoms with Crippen LogP contribution < -0.4 is 0 Å². The molecule has 4 heterocycles. The van der Waals surface area contributed by atoms with Crippen LogP contribution in [0, 0.1) is 11.8 Å². The van der Waals surface area contributed by atoms with Gasteiger partial charge in [0.15, 0.2) is 0 Å². The van der Waals surface area contributed by atoms with E-state index in [1.807, 2.05) is 52.0 Å². The highest BCUT2D eigenvalue weighted by Crippen LogP contribution is 2.57. The second-order valence-electron chi connectivity index (χ2n) is 11.8. The minimum absolute atomic E-state index is 0.143. The highest BCUT2D eigenvalue weighted by Gasteiger charge is 2.74. The van der Waals surface area contributed by atoms with Gasteiger partial charge in [0.05, 0.1) is 18.1 Å². The number of aliphatic hydroxyl groups excluding tert-OH is 1. The average Bonchev–Trinajstić information content (AvgIpc) is 3.12. The van der Waals surface area contributed by atoms with Gasteiger partial charge in [-0.2, -0.15) is 0 Å². The number of ether oxygens (including phenoxy) is 2. The number of hydrogen-bond donors (Lipinski definition) is 1. The van der Waals surface area contributed by atoms with E-state index >= 15 is 0 Å². The summed E-state index contributed by atoms with van der Waals surface area (Å²) in [5.74, 6) is -2.46. The van der Waals surface area contributed by atoms with Gasteiger partial charge in [-0.15, -0.1) is 0 Å². The number of likely N-dealkylation sites (tertiary alicyclic amines) is 1. The van der Waals surface area contributed by atoms with Gasteiger partial charge in [-0.1, -0.05) is 37.1 Å². The number of aliphatic hydroxyl groups is 1. The topological polar surface area (TPSA) is 96.4 Å². The SMILES string of the molecule is CC(C)(C)N1CC=C[C@]23O[C@@]4(C)/C=C\CCCCOC(=O)[C@H]4[C@H]2C(=O)N(CCCCCCO)C3C1=O. The van der Waals surface area contributed by atoms with Crippen LogP contribution in [-0.4, -0.2) is 81.8 Å². The molecule has 0 radical (unpaired) electrons. The third kappa shape index (κ3) is 4.62. The van der Waals surface area contributed by atoms with Crippen molar-refractivity contribution in [1.82, 2.24) is 9.80 Å². The fourth-order valence-corrected chi connectivity index (χ4v) is 6.39. The number of esters is 1. The average molecular weight is 503 g/mol. The molecule has 1 spiro atoms. The summed E-state index contributed by atoms with van der Waals surface area (Å²) in [6.07, 6.45) is 13.4. The maximum Gasteiger partial charge on any atom is 0.313 e. The standard InChI is InChI=1S/C28H42N2O6/c1-26(2,3)30-17-13-15-28-20(21-25(34)35-19-12-8-5-9-14-27(21,4)36-28)23(32)29(22(28)24(30)33)16-10-6-7-11-18-31/h9,13-15,20-22,31H,5-8,10-12,16-19H2,1-4H3/b14-9-/t20-,21+,22?,27-,28-/m0/s1.